The fraction of sp³-hybridized carbons (Fsp3) is 0.923. The van der Waals surface area contributed by atoms with E-state index >= 15 is 0 Å². The SMILES string of the molecule is CCCCCCC(C)(CC)N1C=NC(N)C1. The molecule has 0 radical (unpaired) electrons. The molecule has 0 aromatic heterocycles. The first-order valence-corrected chi connectivity index (χ1v) is 6.68. The van der Waals surface area contributed by atoms with Crippen LogP contribution in [0, 0.1) is 0 Å². The summed E-state index contributed by atoms with van der Waals surface area (Å²) in [7, 11) is 0. The lowest BCUT2D eigenvalue weighted by Crippen LogP contribution is -2.46. The third kappa shape index (κ3) is 3.48. The summed E-state index contributed by atoms with van der Waals surface area (Å²) in [4.78, 5) is 6.59. The maximum absolute atomic E-state index is 5.81. The highest BCUT2D eigenvalue weighted by atomic mass is 15.3. The first kappa shape index (κ1) is 13.5. The molecular weight excluding hydrogens is 198 g/mol. The first-order valence-electron chi connectivity index (χ1n) is 6.68. The summed E-state index contributed by atoms with van der Waals surface area (Å²) in [5.41, 5.74) is 6.07. The van der Waals surface area contributed by atoms with Crippen molar-refractivity contribution in [2.24, 2.45) is 10.7 Å². The van der Waals surface area contributed by atoms with Gasteiger partial charge in [0.05, 0.1) is 12.9 Å². The van der Waals surface area contributed by atoms with E-state index in [-0.39, 0.29) is 11.7 Å². The Labute approximate surface area is 100 Å². The smallest absolute Gasteiger partial charge is 0.116 e. The van der Waals surface area contributed by atoms with Gasteiger partial charge in [-0.25, -0.2) is 0 Å². The molecule has 94 valence electrons. The highest BCUT2D eigenvalue weighted by Crippen LogP contribution is 2.27. The molecule has 1 aliphatic heterocycles. The summed E-state index contributed by atoms with van der Waals surface area (Å²) >= 11 is 0. The number of nitrogens with zero attached hydrogens (tertiary/aromatic N) is 2. The van der Waals surface area contributed by atoms with Gasteiger partial charge in [-0.2, -0.15) is 0 Å². The molecular formula is C13H27N3. The predicted molar refractivity (Wildman–Crippen MR) is 70.6 cm³/mol. The van der Waals surface area contributed by atoms with Crippen LogP contribution in [0.1, 0.15) is 59.3 Å². The second-order valence-electron chi connectivity index (χ2n) is 5.15. The molecule has 0 spiro atoms. The fourth-order valence-corrected chi connectivity index (χ4v) is 2.28. The quantitative estimate of drug-likeness (QED) is 0.677. The maximum atomic E-state index is 5.81. The van der Waals surface area contributed by atoms with Crippen molar-refractivity contribution >= 4 is 6.34 Å². The van der Waals surface area contributed by atoms with E-state index in [4.69, 9.17) is 5.73 Å². The molecule has 0 aromatic rings. The molecule has 1 aliphatic rings. The molecule has 0 aromatic carbocycles. The molecule has 2 unspecified atom stereocenters. The topological polar surface area (TPSA) is 41.6 Å². The molecule has 2 atom stereocenters. The van der Waals surface area contributed by atoms with Gasteiger partial charge in [-0.1, -0.05) is 39.5 Å². The van der Waals surface area contributed by atoms with E-state index < -0.39 is 0 Å². The lowest BCUT2D eigenvalue weighted by molar-refractivity contribution is 0.178. The van der Waals surface area contributed by atoms with Crippen molar-refractivity contribution in [3.8, 4) is 0 Å². The average molecular weight is 225 g/mol. The van der Waals surface area contributed by atoms with Gasteiger partial charge >= 0.3 is 0 Å². The summed E-state index contributed by atoms with van der Waals surface area (Å²) in [6.07, 6.45) is 9.68. The summed E-state index contributed by atoms with van der Waals surface area (Å²) < 4.78 is 0. The Morgan fingerprint density at radius 2 is 2.12 bits per heavy atom. The monoisotopic (exact) mass is 225 g/mol. The zero-order valence-electron chi connectivity index (χ0n) is 11.1. The van der Waals surface area contributed by atoms with Crippen LogP contribution in [0.25, 0.3) is 0 Å². The Kier molecular flexibility index (Phi) is 5.26. The van der Waals surface area contributed by atoms with Gasteiger partial charge in [0.2, 0.25) is 0 Å². The van der Waals surface area contributed by atoms with Crippen LogP contribution in [0.4, 0.5) is 0 Å². The van der Waals surface area contributed by atoms with E-state index in [1.807, 2.05) is 6.34 Å². The van der Waals surface area contributed by atoms with Gasteiger partial charge in [0, 0.05) is 5.54 Å². The lowest BCUT2D eigenvalue weighted by Gasteiger charge is -2.38. The summed E-state index contributed by atoms with van der Waals surface area (Å²) in [5, 5.41) is 0. The van der Waals surface area contributed by atoms with E-state index in [0.717, 1.165) is 13.0 Å². The van der Waals surface area contributed by atoms with Crippen LogP contribution in [0.2, 0.25) is 0 Å². The Morgan fingerprint density at radius 3 is 2.62 bits per heavy atom. The van der Waals surface area contributed by atoms with Crippen molar-refractivity contribution in [1.82, 2.24) is 4.90 Å². The van der Waals surface area contributed by atoms with Crippen molar-refractivity contribution in [2.45, 2.75) is 71.0 Å². The van der Waals surface area contributed by atoms with Gasteiger partial charge in [-0.05, 0) is 19.8 Å². The van der Waals surface area contributed by atoms with Crippen LogP contribution in [0.5, 0.6) is 0 Å². The van der Waals surface area contributed by atoms with E-state index in [9.17, 15) is 0 Å². The van der Waals surface area contributed by atoms with Crippen LogP contribution in [-0.4, -0.2) is 29.5 Å². The molecule has 16 heavy (non-hydrogen) atoms. The summed E-state index contributed by atoms with van der Waals surface area (Å²) in [6.45, 7) is 7.74. The number of nitrogens with two attached hydrogens (primary N) is 1. The second-order valence-corrected chi connectivity index (χ2v) is 5.15. The minimum Gasteiger partial charge on any atom is -0.354 e. The van der Waals surface area contributed by atoms with Crippen molar-refractivity contribution in [1.29, 1.82) is 0 Å². The molecule has 0 bridgehead atoms. The predicted octanol–water partition coefficient (Wildman–Crippen LogP) is 2.75. The van der Waals surface area contributed by atoms with E-state index in [1.165, 1.54) is 32.1 Å². The number of hydrogen-bond donors (Lipinski definition) is 1. The normalized spacial score (nSPS) is 23.8. The molecule has 3 heteroatoms. The van der Waals surface area contributed by atoms with Crippen molar-refractivity contribution in [3.05, 3.63) is 0 Å². The number of aliphatic imine (C=N–C) groups is 1. The van der Waals surface area contributed by atoms with Crippen molar-refractivity contribution in [2.75, 3.05) is 6.54 Å². The standard InChI is InChI=1S/C13H27N3/c1-4-6-7-8-9-13(3,5-2)16-10-12(14)15-11-16/h11-12H,4-10,14H2,1-3H3. The maximum Gasteiger partial charge on any atom is 0.116 e. The van der Waals surface area contributed by atoms with E-state index in [1.54, 1.807) is 0 Å². The van der Waals surface area contributed by atoms with Gasteiger partial charge < -0.3 is 10.6 Å². The molecule has 1 rings (SSSR count). The summed E-state index contributed by atoms with van der Waals surface area (Å²) in [6, 6.07) is 0. The Bertz CT molecular complexity index is 227. The van der Waals surface area contributed by atoms with Crippen LogP contribution in [0.3, 0.4) is 0 Å². The third-order valence-corrected chi connectivity index (χ3v) is 3.81. The molecule has 0 saturated heterocycles. The third-order valence-electron chi connectivity index (χ3n) is 3.81. The highest BCUT2D eigenvalue weighted by molar-refractivity contribution is 5.59. The van der Waals surface area contributed by atoms with Gasteiger partial charge in [0.15, 0.2) is 0 Å². The molecule has 3 nitrogen and oxygen atoms in total. The van der Waals surface area contributed by atoms with Gasteiger partial charge in [-0.3, -0.25) is 4.99 Å². The first-order chi connectivity index (χ1) is 7.62. The summed E-state index contributed by atoms with van der Waals surface area (Å²) in [5.74, 6) is 0. The molecule has 0 fully saturated rings. The largest absolute Gasteiger partial charge is 0.354 e. The highest BCUT2D eigenvalue weighted by Gasteiger charge is 2.31. The number of hydrogen-bond acceptors (Lipinski definition) is 3. The van der Waals surface area contributed by atoms with Crippen molar-refractivity contribution < 1.29 is 0 Å². The zero-order chi connectivity index (χ0) is 12.0. The average Bonchev–Trinajstić information content (AvgIpc) is 2.71. The molecule has 0 saturated carbocycles. The van der Waals surface area contributed by atoms with Crippen LogP contribution >= 0.6 is 0 Å². The lowest BCUT2D eigenvalue weighted by atomic mass is 9.89. The van der Waals surface area contributed by atoms with E-state index in [2.05, 4.69) is 30.7 Å². The number of rotatable bonds is 7. The second kappa shape index (κ2) is 6.24. The molecule has 2 N–H and O–H groups in total. The zero-order valence-corrected chi connectivity index (χ0v) is 11.1. The van der Waals surface area contributed by atoms with Gasteiger partial charge in [0.1, 0.15) is 6.17 Å². The minimum absolute atomic E-state index is 0.0125. The Hall–Kier alpha value is -0.570. The molecule has 0 amide bonds. The molecule has 0 aliphatic carbocycles. The van der Waals surface area contributed by atoms with Crippen LogP contribution in [-0.2, 0) is 0 Å². The molecule has 1 heterocycles. The van der Waals surface area contributed by atoms with Crippen molar-refractivity contribution in [3.63, 3.8) is 0 Å². The van der Waals surface area contributed by atoms with Crippen LogP contribution in [0.15, 0.2) is 4.99 Å². The van der Waals surface area contributed by atoms with Gasteiger partial charge in [0.25, 0.3) is 0 Å². The fourth-order valence-electron chi connectivity index (χ4n) is 2.28. The number of unbranched alkanes of at least 4 members (excludes halogenated alkanes) is 3. The Balaban J connectivity index is 2.40. The Morgan fingerprint density at radius 1 is 1.38 bits per heavy atom. The van der Waals surface area contributed by atoms with Gasteiger partial charge in [-0.15, -0.1) is 0 Å². The minimum atomic E-state index is -0.0125. The van der Waals surface area contributed by atoms with Crippen LogP contribution < -0.4 is 5.73 Å². The van der Waals surface area contributed by atoms with E-state index in [0.29, 0.717) is 0 Å².